The van der Waals surface area contributed by atoms with E-state index < -0.39 is 14.3 Å². The van der Waals surface area contributed by atoms with E-state index in [2.05, 4.69) is 38.2 Å². The van der Waals surface area contributed by atoms with Crippen molar-refractivity contribution in [1.82, 2.24) is 0 Å². The van der Waals surface area contributed by atoms with Crippen molar-refractivity contribution in [2.24, 2.45) is 0 Å². The summed E-state index contributed by atoms with van der Waals surface area (Å²) in [6.07, 6.45) is 41.7. The van der Waals surface area contributed by atoms with Crippen molar-refractivity contribution in [3.8, 4) is 0 Å². The molecule has 5 nitrogen and oxygen atoms in total. The number of carbonyl (C=O) groups excluding carboxylic acids is 2. The van der Waals surface area contributed by atoms with Gasteiger partial charge in [-0.05, 0) is 77.5 Å². The Labute approximate surface area is 293 Å². The van der Waals surface area contributed by atoms with Gasteiger partial charge in [0.1, 0.15) is 6.61 Å². The number of hydrogen-bond acceptors (Lipinski definition) is 5. The summed E-state index contributed by atoms with van der Waals surface area (Å²) in [6.45, 7) is 8.90. The Morgan fingerprint density at radius 2 is 0.851 bits per heavy atom. The van der Waals surface area contributed by atoms with Gasteiger partial charge in [-0.15, -0.1) is 0 Å². The van der Waals surface area contributed by atoms with E-state index in [9.17, 15) is 9.59 Å². The number of rotatable bonds is 36. The summed E-state index contributed by atoms with van der Waals surface area (Å²) in [5.74, 6) is -0.433. The maximum absolute atomic E-state index is 12.5. The van der Waals surface area contributed by atoms with E-state index in [0.717, 1.165) is 51.4 Å². The summed E-state index contributed by atoms with van der Waals surface area (Å²) in [5, 5.41) is 0. The highest BCUT2D eigenvalue weighted by atomic mass is 31.1. The van der Waals surface area contributed by atoms with Crippen molar-refractivity contribution in [1.29, 1.82) is 0 Å². The number of carbonyl (C=O) groups is 2. The summed E-state index contributed by atoms with van der Waals surface area (Å²) < 4.78 is 16.9. The van der Waals surface area contributed by atoms with Gasteiger partial charge < -0.3 is 14.0 Å². The van der Waals surface area contributed by atoms with Crippen LogP contribution in [0.1, 0.15) is 194 Å². The lowest BCUT2D eigenvalue weighted by atomic mass is 10.1. The van der Waals surface area contributed by atoms with Gasteiger partial charge in [-0.3, -0.25) is 9.59 Å². The molecule has 6 heteroatoms. The van der Waals surface area contributed by atoms with E-state index in [1.54, 1.807) is 0 Å². The molecule has 0 aromatic heterocycles. The minimum atomic E-state index is -0.580. The van der Waals surface area contributed by atoms with Crippen LogP contribution in [0.25, 0.3) is 0 Å². The summed E-state index contributed by atoms with van der Waals surface area (Å²) in [4.78, 5) is 24.8. The van der Waals surface area contributed by atoms with Gasteiger partial charge in [-0.25, -0.2) is 0 Å². The maximum Gasteiger partial charge on any atom is 0.306 e. The van der Waals surface area contributed by atoms with E-state index in [1.807, 2.05) is 13.3 Å². The molecule has 0 aliphatic carbocycles. The second-order valence-corrected chi connectivity index (χ2v) is 15.5. The fourth-order valence-corrected chi connectivity index (χ4v) is 6.00. The third-order valence-electron chi connectivity index (χ3n) is 8.53. The zero-order chi connectivity index (χ0) is 34.5. The van der Waals surface area contributed by atoms with E-state index in [0.29, 0.717) is 12.8 Å². The molecule has 0 amide bonds. The van der Waals surface area contributed by atoms with Crippen molar-refractivity contribution in [3.05, 3.63) is 24.3 Å². The lowest BCUT2D eigenvalue weighted by molar-refractivity contribution is -0.160. The van der Waals surface area contributed by atoms with Crippen LogP contribution in [0.4, 0.5) is 0 Å². The smallest absolute Gasteiger partial charge is 0.306 e. The first-order valence-corrected chi connectivity index (χ1v) is 22.1. The fraction of sp³-hybridized carbons (Fsp3) is 0.854. The fourth-order valence-electron chi connectivity index (χ4n) is 5.53. The van der Waals surface area contributed by atoms with Gasteiger partial charge in [0.25, 0.3) is 0 Å². The molecule has 0 saturated heterocycles. The van der Waals surface area contributed by atoms with Gasteiger partial charge in [0, 0.05) is 21.0 Å². The molecule has 0 N–H and O–H groups in total. The van der Waals surface area contributed by atoms with Crippen LogP contribution in [0.15, 0.2) is 24.3 Å². The van der Waals surface area contributed by atoms with Crippen molar-refractivity contribution >= 4 is 20.1 Å². The van der Waals surface area contributed by atoms with Crippen LogP contribution >= 0.6 is 8.15 Å². The number of unbranched alkanes of at least 4 members (excludes halogenated alkanes) is 22. The first-order valence-electron chi connectivity index (χ1n) is 19.9. The van der Waals surface area contributed by atoms with E-state index >= 15 is 0 Å². The molecule has 0 bridgehead atoms. The predicted octanol–water partition coefficient (Wildman–Crippen LogP) is 13.2. The van der Waals surface area contributed by atoms with Crippen LogP contribution in [0.3, 0.4) is 0 Å². The molecule has 0 aliphatic heterocycles. The molecule has 0 rings (SSSR count). The van der Waals surface area contributed by atoms with Crippen molar-refractivity contribution in [2.45, 2.75) is 200 Å². The summed E-state index contributed by atoms with van der Waals surface area (Å²) in [6, 6.07) is 0. The van der Waals surface area contributed by atoms with Gasteiger partial charge in [0.05, 0.1) is 6.61 Å². The lowest BCUT2D eigenvalue weighted by Crippen LogP contribution is -2.29. The van der Waals surface area contributed by atoms with Gasteiger partial charge in [-0.1, -0.05) is 141 Å². The molecule has 47 heavy (non-hydrogen) atoms. The predicted molar refractivity (Wildman–Crippen MR) is 204 cm³/mol. The van der Waals surface area contributed by atoms with Crippen molar-refractivity contribution < 1.29 is 23.6 Å². The van der Waals surface area contributed by atoms with Crippen LogP contribution in [-0.4, -0.2) is 44.6 Å². The number of allylic oxidation sites excluding steroid dienone is 4. The van der Waals surface area contributed by atoms with Crippen LogP contribution in [-0.2, 0) is 23.6 Å². The molecule has 1 atom stereocenters. The van der Waals surface area contributed by atoms with Crippen LogP contribution < -0.4 is 0 Å². The molecule has 0 aromatic rings. The highest BCUT2D eigenvalue weighted by Crippen LogP contribution is 2.26. The normalized spacial score (nSPS) is 12.4. The molecule has 276 valence electrons. The molecule has 0 saturated carbocycles. The Morgan fingerprint density at radius 3 is 1.26 bits per heavy atom. The molecule has 0 spiro atoms. The average molecular weight is 681 g/mol. The molecular weight excluding hydrogens is 603 g/mol. The van der Waals surface area contributed by atoms with Gasteiger partial charge in [-0.2, -0.15) is 0 Å². The highest BCUT2D eigenvalue weighted by molar-refractivity contribution is 7.50. The van der Waals surface area contributed by atoms with E-state index in [-0.39, 0.29) is 25.2 Å². The zero-order valence-electron chi connectivity index (χ0n) is 31.6. The average Bonchev–Trinajstić information content (AvgIpc) is 3.05. The van der Waals surface area contributed by atoms with Crippen LogP contribution in [0, 0.1) is 0 Å². The Kier molecular flexibility index (Phi) is 36.7. The topological polar surface area (TPSA) is 61.8 Å². The zero-order valence-corrected chi connectivity index (χ0v) is 32.5. The summed E-state index contributed by atoms with van der Waals surface area (Å²) in [5.41, 5.74) is 0. The minimum absolute atomic E-state index is 0.0746. The Morgan fingerprint density at radius 1 is 0.489 bits per heavy atom. The van der Waals surface area contributed by atoms with Crippen molar-refractivity contribution in [2.75, 3.05) is 26.5 Å². The second kappa shape index (κ2) is 37.6. The SMILES string of the molecule is CCCCCCCC/C=C\CCCCCCCC(=O)OC[C@H](COP(C)C)OC(=O)CCCCCCC/C=C\CCCCCCCC. The molecule has 0 fully saturated rings. The molecule has 0 aliphatic rings. The highest BCUT2D eigenvalue weighted by Gasteiger charge is 2.18. The number of ether oxygens (including phenoxy) is 2. The first kappa shape index (κ1) is 45.8. The Hall–Kier alpha value is -1.19. The quantitative estimate of drug-likeness (QED) is 0.0285. The monoisotopic (exact) mass is 681 g/mol. The maximum atomic E-state index is 12.5. The number of esters is 2. The van der Waals surface area contributed by atoms with Crippen LogP contribution in [0.5, 0.6) is 0 Å². The molecular formula is C41H77O5P. The third-order valence-corrected chi connectivity index (χ3v) is 9.20. The lowest BCUT2D eigenvalue weighted by Gasteiger charge is -2.19. The first-order chi connectivity index (χ1) is 23.0. The summed E-state index contributed by atoms with van der Waals surface area (Å²) >= 11 is 0. The standard InChI is InChI=1S/C41H77O5P/c1-5-7-9-11-13-15-17-19-21-23-25-27-29-31-33-35-40(42)44-37-39(38-45-47(3)4)46-41(43)36-34-32-30-28-26-24-22-20-18-16-14-12-10-8-6-2/h19-22,39H,5-18,23-38H2,1-4H3/b21-19-,22-20-/t39-/m1/s1. The molecule has 0 heterocycles. The van der Waals surface area contributed by atoms with Crippen LogP contribution in [0.2, 0.25) is 0 Å². The minimum Gasteiger partial charge on any atom is -0.462 e. The van der Waals surface area contributed by atoms with Gasteiger partial charge in [0.15, 0.2) is 6.10 Å². The molecule has 0 radical (unpaired) electrons. The largest absolute Gasteiger partial charge is 0.462 e. The van der Waals surface area contributed by atoms with E-state index in [4.69, 9.17) is 14.0 Å². The Balaban J connectivity index is 3.86. The van der Waals surface area contributed by atoms with Gasteiger partial charge in [0.2, 0.25) is 0 Å². The van der Waals surface area contributed by atoms with E-state index in [1.165, 1.54) is 116 Å². The Bertz CT molecular complexity index is 735. The van der Waals surface area contributed by atoms with Gasteiger partial charge >= 0.3 is 11.9 Å². The van der Waals surface area contributed by atoms with Crippen molar-refractivity contribution in [3.63, 3.8) is 0 Å². The molecule has 0 unspecified atom stereocenters. The molecule has 0 aromatic carbocycles. The third kappa shape index (κ3) is 37.5. The summed E-state index contributed by atoms with van der Waals surface area (Å²) in [7, 11) is -0.580. The number of hydrogen-bond donors (Lipinski definition) is 0. The second-order valence-electron chi connectivity index (χ2n) is 13.6.